The Labute approximate surface area is 135 Å². The quantitative estimate of drug-likeness (QED) is 0.777. The lowest BCUT2D eigenvalue weighted by Crippen LogP contribution is -2.42. The first-order valence-electron chi connectivity index (χ1n) is 5.97. The molecule has 7 nitrogen and oxygen atoms in total. The molecule has 0 atom stereocenters. The molecule has 0 fully saturated rings. The molecule has 0 radical (unpaired) electrons. The Morgan fingerprint density at radius 2 is 2.09 bits per heavy atom. The van der Waals surface area contributed by atoms with Crippen LogP contribution in [0.3, 0.4) is 0 Å². The predicted molar refractivity (Wildman–Crippen MR) is 82.1 cm³/mol. The first-order valence-corrected chi connectivity index (χ1v) is 8.25. The van der Waals surface area contributed by atoms with Crippen molar-refractivity contribution in [3.63, 3.8) is 0 Å². The van der Waals surface area contributed by atoms with Gasteiger partial charge < -0.3 is 4.57 Å². The molecule has 1 amide bonds. The summed E-state index contributed by atoms with van der Waals surface area (Å²) < 4.78 is 26.4. The number of hydrogen-bond acceptors (Lipinski definition) is 4. The number of nitrogens with one attached hydrogen (secondary N) is 2. The van der Waals surface area contributed by atoms with Crippen molar-refractivity contribution in [2.24, 2.45) is 7.05 Å². The second-order valence-electron chi connectivity index (χ2n) is 4.35. The van der Waals surface area contributed by atoms with Crippen LogP contribution in [0.15, 0.2) is 45.9 Å². The number of benzene rings is 1. The molecule has 2 N–H and O–H groups in total. The summed E-state index contributed by atoms with van der Waals surface area (Å²) in [6.45, 7) is 0. The molecule has 2 aromatic rings. The van der Waals surface area contributed by atoms with Crippen molar-refractivity contribution < 1.29 is 13.2 Å². The molecule has 0 aliphatic rings. The van der Waals surface area contributed by atoms with Crippen molar-refractivity contribution >= 4 is 31.9 Å². The number of rotatable bonds is 4. The summed E-state index contributed by atoms with van der Waals surface area (Å²) in [6, 6.07) is 8.88. The van der Waals surface area contributed by atoms with Crippen LogP contribution in [0.4, 0.5) is 0 Å². The number of nitrogens with zero attached hydrogens (tertiary/aromatic N) is 2. The summed E-state index contributed by atoms with van der Waals surface area (Å²) in [5, 5.41) is 8.79. The summed E-state index contributed by atoms with van der Waals surface area (Å²) in [6.07, 6.45) is 1.67. The largest absolute Gasteiger partial charge is 0.345 e. The van der Waals surface area contributed by atoms with E-state index in [0.29, 0.717) is 4.47 Å². The summed E-state index contributed by atoms with van der Waals surface area (Å²) in [7, 11) is -2.30. The zero-order chi connectivity index (χ0) is 16.3. The Morgan fingerprint density at radius 1 is 1.36 bits per heavy atom. The van der Waals surface area contributed by atoms with Crippen LogP contribution in [0.2, 0.25) is 0 Å². The van der Waals surface area contributed by atoms with Crippen molar-refractivity contribution in [3.8, 4) is 6.07 Å². The summed E-state index contributed by atoms with van der Waals surface area (Å²) in [5.41, 5.74) is 2.61. The van der Waals surface area contributed by atoms with Crippen molar-refractivity contribution in [1.29, 1.82) is 5.26 Å². The van der Waals surface area contributed by atoms with Crippen LogP contribution in [0.1, 0.15) is 16.1 Å². The topological polar surface area (TPSA) is 104 Å². The fraction of sp³-hybridized carbons (Fsp3) is 0.0769. The molecule has 0 aliphatic heterocycles. The van der Waals surface area contributed by atoms with Gasteiger partial charge in [-0.1, -0.05) is 6.07 Å². The van der Waals surface area contributed by atoms with Gasteiger partial charge in [0, 0.05) is 17.7 Å². The van der Waals surface area contributed by atoms with Gasteiger partial charge >= 0.3 is 0 Å². The molecule has 0 spiro atoms. The first kappa shape index (κ1) is 16.2. The van der Waals surface area contributed by atoms with E-state index in [4.69, 9.17) is 5.26 Å². The molecule has 22 heavy (non-hydrogen) atoms. The predicted octanol–water partition coefficient (Wildman–Crippen LogP) is 1.28. The number of sulfonamides is 1. The molecule has 0 bridgehead atoms. The second-order valence-corrected chi connectivity index (χ2v) is 6.95. The smallest absolute Gasteiger partial charge is 0.282 e. The normalized spacial score (nSPS) is 11.0. The summed E-state index contributed by atoms with van der Waals surface area (Å²) >= 11 is 3.22. The van der Waals surface area contributed by atoms with Crippen molar-refractivity contribution in [3.05, 3.63) is 52.3 Å². The summed E-state index contributed by atoms with van der Waals surface area (Å²) in [4.78, 5) is 13.8. The maximum Gasteiger partial charge on any atom is 0.282 e. The van der Waals surface area contributed by atoms with E-state index in [1.807, 2.05) is 10.9 Å². The molecule has 1 aromatic carbocycles. The van der Waals surface area contributed by atoms with Gasteiger partial charge in [0.1, 0.15) is 5.69 Å². The number of amides is 1. The van der Waals surface area contributed by atoms with E-state index >= 15 is 0 Å². The molecule has 0 aliphatic carbocycles. The Balaban J connectivity index is 2.14. The fourth-order valence-corrected chi connectivity index (χ4v) is 3.13. The number of halogens is 1. The van der Waals surface area contributed by atoms with E-state index in [0.717, 1.165) is 0 Å². The Kier molecular flexibility index (Phi) is 4.65. The monoisotopic (exact) mass is 382 g/mol. The average Bonchev–Trinajstić information content (AvgIpc) is 2.83. The van der Waals surface area contributed by atoms with E-state index in [1.54, 1.807) is 23.9 Å². The van der Waals surface area contributed by atoms with E-state index in [-0.39, 0.29) is 16.2 Å². The lowest BCUT2D eigenvalue weighted by atomic mass is 10.2. The van der Waals surface area contributed by atoms with Crippen molar-refractivity contribution in [2.45, 2.75) is 4.90 Å². The number of nitriles is 1. The highest BCUT2D eigenvalue weighted by Crippen LogP contribution is 2.14. The minimum absolute atomic E-state index is 0.111. The molecule has 2 rings (SSSR count). The van der Waals surface area contributed by atoms with Crippen LogP contribution < -0.4 is 10.3 Å². The van der Waals surface area contributed by atoms with Gasteiger partial charge in [0.05, 0.1) is 16.5 Å². The Hall–Kier alpha value is -2.15. The minimum atomic E-state index is -3.96. The Bertz CT molecular complexity index is 868. The molecule has 9 heteroatoms. The molecular weight excluding hydrogens is 372 g/mol. The second kappa shape index (κ2) is 6.31. The van der Waals surface area contributed by atoms with Gasteiger partial charge in [-0.15, -0.1) is 4.83 Å². The molecule has 1 aromatic heterocycles. The minimum Gasteiger partial charge on any atom is -0.345 e. The average molecular weight is 383 g/mol. The van der Waals surface area contributed by atoms with Crippen LogP contribution in [-0.4, -0.2) is 18.9 Å². The third-order valence-electron chi connectivity index (χ3n) is 2.78. The zero-order valence-corrected chi connectivity index (χ0v) is 13.8. The number of aryl methyl sites for hydroxylation is 1. The third-order valence-corrected chi connectivity index (χ3v) is 4.46. The van der Waals surface area contributed by atoms with E-state index < -0.39 is 15.9 Å². The number of hydrazine groups is 1. The molecule has 0 saturated heterocycles. The van der Waals surface area contributed by atoms with Crippen molar-refractivity contribution in [2.75, 3.05) is 0 Å². The van der Waals surface area contributed by atoms with Crippen LogP contribution in [0.25, 0.3) is 0 Å². The SMILES string of the molecule is Cn1cc(Br)cc1C(=O)NNS(=O)(=O)c1cccc(C#N)c1. The Morgan fingerprint density at radius 3 is 2.68 bits per heavy atom. The van der Waals surface area contributed by atoms with Crippen LogP contribution in [0, 0.1) is 11.3 Å². The van der Waals surface area contributed by atoms with Gasteiger partial charge in [-0.2, -0.15) is 5.26 Å². The maximum absolute atomic E-state index is 12.1. The first-order chi connectivity index (χ1) is 10.3. The number of carbonyl (C=O) groups is 1. The number of aromatic nitrogens is 1. The third kappa shape index (κ3) is 3.54. The lowest BCUT2D eigenvalue weighted by molar-refractivity contribution is 0.0937. The summed E-state index contributed by atoms with van der Waals surface area (Å²) in [5.74, 6) is -0.604. The number of carbonyl (C=O) groups excluding carboxylic acids is 1. The highest BCUT2D eigenvalue weighted by molar-refractivity contribution is 9.10. The van der Waals surface area contributed by atoms with Gasteiger partial charge in [0.15, 0.2) is 0 Å². The molecule has 114 valence electrons. The van der Waals surface area contributed by atoms with Gasteiger partial charge in [0.2, 0.25) is 0 Å². The van der Waals surface area contributed by atoms with Gasteiger partial charge in [-0.05, 0) is 40.2 Å². The van der Waals surface area contributed by atoms with E-state index in [9.17, 15) is 13.2 Å². The van der Waals surface area contributed by atoms with E-state index in [1.165, 1.54) is 24.3 Å². The van der Waals surface area contributed by atoms with Gasteiger partial charge in [-0.25, -0.2) is 8.42 Å². The number of hydrogen-bond donors (Lipinski definition) is 2. The van der Waals surface area contributed by atoms with Gasteiger partial charge in [-0.3, -0.25) is 10.2 Å². The molecule has 0 saturated carbocycles. The molecule has 1 heterocycles. The van der Waals surface area contributed by atoms with Crippen LogP contribution in [-0.2, 0) is 17.1 Å². The maximum atomic E-state index is 12.1. The van der Waals surface area contributed by atoms with Crippen LogP contribution in [0.5, 0.6) is 0 Å². The zero-order valence-electron chi connectivity index (χ0n) is 11.4. The molecule has 0 unspecified atom stereocenters. The van der Waals surface area contributed by atoms with E-state index in [2.05, 4.69) is 21.4 Å². The van der Waals surface area contributed by atoms with Crippen LogP contribution >= 0.6 is 15.9 Å². The fourth-order valence-electron chi connectivity index (χ4n) is 1.72. The standard InChI is InChI=1S/C13H11BrN4O3S/c1-18-8-10(14)6-12(18)13(19)16-17-22(20,21)11-4-2-3-9(5-11)7-15/h2-6,8,17H,1H3,(H,16,19). The van der Waals surface area contributed by atoms with Crippen molar-refractivity contribution in [1.82, 2.24) is 14.8 Å². The highest BCUT2D eigenvalue weighted by atomic mass is 79.9. The molecular formula is C13H11BrN4O3S. The van der Waals surface area contributed by atoms with Gasteiger partial charge in [0.25, 0.3) is 15.9 Å². The lowest BCUT2D eigenvalue weighted by Gasteiger charge is -2.09. The highest BCUT2D eigenvalue weighted by Gasteiger charge is 2.17.